The Hall–Kier alpha value is -2.74. The molecule has 0 saturated heterocycles. The normalized spacial score (nSPS) is 11.2. The second kappa shape index (κ2) is 8.77. The maximum atomic E-state index is 13.0. The molecule has 0 aliphatic heterocycles. The first kappa shape index (κ1) is 20.6. The SMILES string of the molecule is COc1ccc(OC)c(CCC(=O)Nc2cc(CN)cc(C(F)(F)F)c2)c1. The molecule has 0 aromatic heterocycles. The number of alkyl halides is 3. The molecule has 5 nitrogen and oxygen atoms in total. The largest absolute Gasteiger partial charge is 0.497 e. The molecule has 0 aliphatic carbocycles. The first-order chi connectivity index (χ1) is 12.8. The molecule has 0 aliphatic rings. The van der Waals surface area contributed by atoms with Crippen molar-refractivity contribution in [1.82, 2.24) is 0 Å². The Balaban J connectivity index is 2.10. The van der Waals surface area contributed by atoms with Gasteiger partial charge in [0.1, 0.15) is 11.5 Å². The van der Waals surface area contributed by atoms with Crippen LogP contribution >= 0.6 is 0 Å². The number of nitrogens with one attached hydrogen (secondary N) is 1. The van der Waals surface area contributed by atoms with E-state index in [0.29, 0.717) is 17.9 Å². The van der Waals surface area contributed by atoms with E-state index in [0.717, 1.165) is 17.7 Å². The summed E-state index contributed by atoms with van der Waals surface area (Å²) in [5, 5.41) is 2.50. The molecule has 0 saturated carbocycles. The van der Waals surface area contributed by atoms with E-state index in [2.05, 4.69) is 5.32 Å². The van der Waals surface area contributed by atoms with Crippen LogP contribution in [0.5, 0.6) is 11.5 Å². The molecule has 0 atom stereocenters. The molecular formula is C19H21F3N2O3. The van der Waals surface area contributed by atoms with Crippen molar-refractivity contribution in [1.29, 1.82) is 0 Å². The highest BCUT2D eigenvalue weighted by atomic mass is 19.4. The minimum atomic E-state index is -4.52. The molecule has 0 spiro atoms. The van der Waals surface area contributed by atoms with Crippen molar-refractivity contribution in [3.63, 3.8) is 0 Å². The van der Waals surface area contributed by atoms with Crippen molar-refractivity contribution < 1.29 is 27.4 Å². The molecule has 2 aromatic carbocycles. The van der Waals surface area contributed by atoms with Crippen LogP contribution in [0.25, 0.3) is 0 Å². The number of aryl methyl sites for hydroxylation is 1. The Bertz CT molecular complexity index is 807. The monoisotopic (exact) mass is 382 g/mol. The molecule has 146 valence electrons. The number of benzene rings is 2. The second-order valence-corrected chi connectivity index (χ2v) is 5.85. The summed E-state index contributed by atoms with van der Waals surface area (Å²) in [5.74, 6) is 0.812. The van der Waals surface area contributed by atoms with Crippen LogP contribution in [0.15, 0.2) is 36.4 Å². The van der Waals surface area contributed by atoms with Gasteiger partial charge in [0.15, 0.2) is 0 Å². The predicted molar refractivity (Wildman–Crippen MR) is 95.8 cm³/mol. The van der Waals surface area contributed by atoms with Gasteiger partial charge in [-0.3, -0.25) is 4.79 Å². The summed E-state index contributed by atoms with van der Waals surface area (Å²) < 4.78 is 49.3. The summed E-state index contributed by atoms with van der Waals surface area (Å²) in [6, 6.07) is 8.51. The summed E-state index contributed by atoms with van der Waals surface area (Å²) in [6.45, 7) is -0.0617. The quantitative estimate of drug-likeness (QED) is 0.765. The fourth-order valence-electron chi connectivity index (χ4n) is 2.59. The standard InChI is InChI=1S/C19H21F3N2O3/c1-26-16-4-5-17(27-2)13(9-16)3-6-18(25)24-15-8-12(11-23)7-14(10-15)19(20,21)22/h4-5,7-10H,3,6,11,23H2,1-2H3,(H,24,25). The molecule has 0 heterocycles. The molecule has 2 rings (SSSR count). The number of carbonyl (C=O) groups excluding carboxylic acids is 1. The fraction of sp³-hybridized carbons (Fsp3) is 0.316. The Morgan fingerprint density at radius 3 is 2.44 bits per heavy atom. The Labute approximate surface area is 155 Å². The van der Waals surface area contributed by atoms with E-state index >= 15 is 0 Å². The number of amides is 1. The molecule has 2 aromatic rings. The maximum absolute atomic E-state index is 13.0. The van der Waals surface area contributed by atoms with Gasteiger partial charge in [-0.15, -0.1) is 0 Å². The van der Waals surface area contributed by atoms with Crippen LogP contribution in [-0.2, 0) is 23.9 Å². The number of nitrogens with two attached hydrogens (primary N) is 1. The van der Waals surface area contributed by atoms with Gasteiger partial charge in [-0.2, -0.15) is 13.2 Å². The Morgan fingerprint density at radius 2 is 1.85 bits per heavy atom. The molecule has 1 amide bonds. The number of carbonyl (C=O) groups is 1. The van der Waals surface area contributed by atoms with Gasteiger partial charge in [0, 0.05) is 18.7 Å². The highest BCUT2D eigenvalue weighted by molar-refractivity contribution is 5.91. The van der Waals surface area contributed by atoms with E-state index in [1.54, 1.807) is 18.2 Å². The molecule has 27 heavy (non-hydrogen) atoms. The number of halogens is 3. The average Bonchev–Trinajstić information content (AvgIpc) is 2.65. The topological polar surface area (TPSA) is 73.6 Å². The molecular weight excluding hydrogens is 361 g/mol. The second-order valence-electron chi connectivity index (χ2n) is 5.85. The van der Waals surface area contributed by atoms with Crippen LogP contribution in [0.1, 0.15) is 23.1 Å². The molecule has 0 fully saturated rings. The van der Waals surface area contributed by atoms with Gasteiger partial charge >= 0.3 is 6.18 Å². The van der Waals surface area contributed by atoms with Gasteiger partial charge in [0.2, 0.25) is 5.91 Å². The number of hydrogen-bond donors (Lipinski definition) is 2. The molecule has 0 unspecified atom stereocenters. The smallest absolute Gasteiger partial charge is 0.416 e. The Kier molecular flexibility index (Phi) is 6.68. The molecule has 3 N–H and O–H groups in total. The lowest BCUT2D eigenvalue weighted by Crippen LogP contribution is -2.15. The van der Waals surface area contributed by atoms with Gasteiger partial charge in [0.05, 0.1) is 19.8 Å². The van der Waals surface area contributed by atoms with Crippen LogP contribution in [0, 0.1) is 0 Å². The number of methoxy groups -OCH3 is 2. The van der Waals surface area contributed by atoms with Crippen molar-refractivity contribution in [2.24, 2.45) is 5.73 Å². The van der Waals surface area contributed by atoms with Crippen LogP contribution in [0.4, 0.5) is 18.9 Å². The van der Waals surface area contributed by atoms with E-state index in [9.17, 15) is 18.0 Å². The lowest BCUT2D eigenvalue weighted by Gasteiger charge is -2.13. The fourth-order valence-corrected chi connectivity index (χ4v) is 2.59. The van der Waals surface area contributed by atoms with Crippen LogP contribution in [0.2, 0.25) is 0 Å². The highest BCUT2D eigenvalue weighted by Crippen LogP contribution is 2.32. The third kappa shape index (κ3) is 5.62. The maximum Gasteiger partial charge on any atom is 0.416 e. The molecule has 0 radical (unpaired) electrons. The summed E-state index contributed by atoms with van der Waals surface area (Å²) in [5.41, 5.74) is 5.71. The Morgan fingerprint density at radius 1 is 1.11 bits per heavy atom. The number of ether oxygens (including phenoxy) is 2. The third-order valence-electron chi connectivity index (χ3n) is 3.95. The van der Waals surface area contributed by atoms with Gasteiger partial charge in [0.25, 0.3) is 0 Å². The van der Waals surface area contributed by atoms with Crippen molar-refractivity contribution in [3.05, 3.63) is 53.1 Å². The van der Waals surface area contributed by atoms with Gasteiger partial charge < -0.3 is 20.5 Å². The zero-order valence-electron chi connectivity index (χ0n) is 15.0. The van der Waals surface area contributed by atoms with E-state index in [1.807, 2.05) is 0 Å². The van der Waals surface area contributed by atoms with E-state index in [4.69, 9.17) is 15.2 Å². The minimum absolute atomic E-state index is 0.0617. The lowest BCUT2D eigenvalue weighted by molar-refractivity contribution is -0.137. The van der Waals surface area contributed by atoms with Crippen molar-refractivity contribution in [2.75, 3.05) is 19.5 Å². The summed E-state index contributed by atoms with van der Waals surface area (Å²) in [4.78, 5) is 12.2. The van der Waals surface area contributed by atoms with E-state index in [-0.39, 0.29) is 24.2 Å². The van der Waals surface area contributed by atoms with Crippen molar-refractivity contribution in [2.45, 2.75) is 25.6 Å². The first-order valence-corrected chi connectivity index (χ1v) is 8.18. The summed E-state index contributed by atoms with van der Waals surface area (Å²) >= 11 is 0. The van der Waals surface area contributed by atoms with Gasteiger partial charge in [-0.25, -0.2) is 0 Å². The minimum Gasteiger partial charge on any atom is -0.497 e. The van der Waals surface area contributed by atoms with Crippen molar-refractivity contribution >= 4 is 11.6 Å². The number of anilines is 1. The van der Waals surface area contributed by atoms with E-state index < -0.39 is 17.6 Å². The number of hydrogen-bond acceptors (Lipinski definition) is 4. The molecule has 8 heteroatoms. The summed E-state index contributed by atoms with van der Waals surface area (Å²) in [6.07, 6.45) is -4.11. The average molecular weight is 382 g/mol. The van der Waals surface area contributed by atoms with Crippen LogP contribution < -0.4 is 20.5 Å². The van der Waals surface area contributed by atoms with Crippen molar-refractivity contribution in [3.8, 4) is 11.5 Å². The van der Waals surface area contributed by atoms with E-state index in [1.165, 1.54) is 20.3 Å². The van der Waals surface area contributed by atoms with Crippen LogP contribution in [-0.4, -0.2) is 20.1 Å². The van der Waals surface area contributed by atoms with Gasteiger partial charge in [-0.1, -0.05) is 0 Å². The lowest BCUT2D eigenvalue weighted by atomic mass is 10.1. The molecule has 0 bridgehead atoms. The van der Waals surface area contributed by atoms with Crippen LogP contribution in [0.3, 0.4) is 0 Å². The third-order valence-corrected chi connectivity index (χ3v) is 3.95. The highest BCUT2D eigenvalue weighted by Gasteiger charge is 2.31. The first-order valence-electron chi connectivity index (χ1n) is 8.18. The zero-order chi connectivity index (χ0) is 20.0. The predicted octanol–water partition coefficient (Wildman–Crippen LogP) is 3.75. The number of rotatable bonds is 7. The zero-order valence-corrected chi connectivity index (χ0v) is 15.0. The summed E-state index contributed by atoms with van der Waals surface area (Å²) in [7, 11) is 3.04. The van der Waals surface area contributed by atoms with Gasteiger partial charge in [-0.05, 0) is 53.9 Å².